The van der Waals surface area contributed by atoms with Crippen molar-refractivity contribution < 1.29 is 19.6 Å². The van der Waals surface area contributed by atoms with Gasteiger partial charge in [0.1, 0.15) is 0 Å². The Morgan fingerprint density at radius 3 is 2.65 bits per heavy atom. The Morgan fingerprint density at radius 1 is 1.53 bits per heavy atom. The highest BCUT2D eigenvalue weighted by molar-refractivity contribution is 5.90. The van der Waals surface area contributed by atoms with Gasteiger partial charge >= 0.3 is 11.7 Å². The molecule has 6 nitrogen and oxygen atoms in total. The molecule has 0 spiro atoms. The van der Waals surface area contributed by atoms with Crippen LogP contribution in [0, 0.1) is 17.0 Å². The van der Waals surface area contributed by atoms with Gasteiger partial charge in [0.05, 0.1) is 16.6 Å². The Hall–Kier alpha value is -2.11. The topological polar surface area (TPSA) is 89.7 Å². The fourth-order valence-electron chi connectivity index (χ4n) is 1.50. The molecule has 6 heteroatoms. The molecule has 1 aromatic rings. The molecule has 0 heterocycles. The van der Waals surface area contributed by atoms with Crippen LogP contribution in [0.2, 0.25) is 0 Å². The minimum absolute atomic E-state index is 0.0313. The lowest BCUT2D eigenvalue weighted by Gasteiger charge is -2.08. The summed E-state index contributed by atoms with van der Waals surface area (Å²) in [7, 11) is 0. The van der Waals surface area contributed by atoms with E-state index in [0.717, 1.165) is 18.9 Å². The summed E-state index contributed by atoms with van der Waals surface area (Å²) in [5.41, 5.74) is 0.0958. The zero-order chi connectivity index (χ0) is 12.6. The number of rotatable bonds is 4. The van der Waals surface area contributed by atoms with E-state index in [1.807, 2.05) is 0 Å². The summed E-state index contributed by atoms with van der Waals surface area (Å²) in [6, 6.07) is 2.47. The van der Waals surface area contributed by atoms with Gasteiger partial charge in [0.25, 0.3) is 0 Å². The summed E-state index contributed by atoms with van der Waals surface area (Å²) in [5.74, 6) is -1.02. The summed E-state index contributed by atoms with van der Waals surface area (Å²) >= 11 is 0. The van der Waals surface area contributed by atoms with Crippen LogP contribution in [-0.2, 0) is 0 Å². The quantitative estimate of drug-likeness (QED) is 0.640. The maximum absolute atomic E-state index is 10.9. The second kappa shape index (κ2) is 4.04. The van der Waals surface area contributed by atoms with Crippen molar-refractivity contribution in [2.45, 2.75) is 25.9 Å². The molecule has 0 unspecified atom stereocenters. The summed E-state index contributed by atoms with van der Waals surface area (Å²) < 4.78 is 5.40. The van der Waals surface area contributed by atoms with Gasteiger partial charge in [-0.1, -0.05) is 0 Å². The summed E-state index contributed by atoms with van der Waals surface area (Å²) in [4.78, 5) is 21.1. The zero-order valence-electron chi connectivity index (χ0n) is 9.17. The Morgan fingerprint density at radius 2 is 2.18 bits per heavy atom. The van der Waals surface area contributed by atoms with E-state index in [1.165, 1.54) is 6.07 Å². The second-order valence-corrected chi connectivity index (χ2v) is 4.01. The third-order valence-corrected chi connectivity index (χ3v) is 2.55. The fraction of sp³-hybridized carbons (Fsp3) is 0.364. The number of nitrogens with zero attached hydrogens (tertiary/aromatic N) is 1. The first kappa shape index (κ1) is 11.4. The Kier molecular flexibility index (Phi) is 2.71. The molecule has 1 saturated carbocycles. The first-order valence-electron chi connectivity index (χ1n) is 5.18. The molecule has 2 rings (SSSR count). The van der Waals surface area contributed by atoms with Gasteiger partial charge in [-0.3, -0.25) is 10.1 Å². The number of benzene rings is 1. The number of nitro groups is 1. The van der Waals surface area contributed by atoms with Crippen molar-refractivity contribution in [3.05, 3.63) is 33.4 Å². The highest BCUT2D eigenvalue weighted by Crippen LogP contribution is 2.35. The predicted octanol–water partition coefficient (Wildman–Crippen LogP) is 2.14. The van der Waals surface area contributed by atoms with E-state index in [2.05, 4.69) is 0 Å². The first-order valence-corrected chi connectivity index (χ1v) is 5.18. The smallest absolute Gasteiger partial charge is 0.336 e. The molecule has 1 fully saturated rings. The molecule has 0 amide bonds. The molecule has 0 aliphatic heterocycles. The van der Waals surface area contributed by atoms with Crippen LogP contribution in [0.5, 0.6) is 5.75 Å². The minimum atomic E-state index is -1.18. The molecule has 0 aromatic heterocycles. The number of carboxylic acid groups (broad SMARTS) is 1. The van der Waals surface area contributed by atoms with Gasteiger partial charge in [-0.05, 0) is 31.4 Å². The summed E-state index contributed by atoms with van der Waals surface area (Å²) in [6.45, 7) is 1.59. The van der Waals surface area contributed by atoms with Crippen molar-refractivity contribution in [3.8, 4) is 5.75 Å². The lowest BCUT2D eigenvalue weighted by molar-refractivity contribution is -0.386. The molecule has 1 N–H and O–H groups in total. The Balaban J connectivity index is 2.46. The average Bonchev–Trinajstić information content (AvgIpc) is 3.00. The van der Waals surface area contributed by atoms with Crippen LogP contribution in [0.25, 0.3) is 0 Å². The number of hydrogen-bond acceptors (Lipinski definition) is 4. The van der Waals surface area contributed by atoms with Gasteiger partial charge in [0, 0.05) is 6.07 Å². The summed E-state index contributed by atoms with van der Waals surface area (Å²) in [5, 5.41) is 19.7. The number of hydrogen-bond donors (Lipinski definition) is 1. The second-order valence-electron chi connectivity index (χ2n) is 4.01. The monoisotopic (exact) mass is 237 g/mol. The molecular weight excluding hydrogens is 226 g/mol. The Labute approximate surface area is 97.0 Å². The molecule has 1 aromatic carbocycles. The van der Waals surface area contributed by atoms with Crippen molar-refractivity contribution in [2.24, 2.45) is 0 Å². The minimum Gasteiger partial charge on any atom is -0.483 e. The third kappa shape index (κ3) is 2.35. The van der Waals surface area contributed by atoms with Crippen LogP contribution < -0.4 is 4.74 Å². The van der Waals surface area contributed by atoms with Crippen LogP contribution in [0.1, 0.15) is 28.8 Å². The molecule has 1 aliphatic rings. The van der Waals surface area contributed by atoms with Gasteiger partial charge < -0.3 is 9.84 Å². The van der Waals surface area contributed by atoms with Crippen molar-refractivity contribution in [1.82, 2.24) is 0 Å². The fourth-order valence-corrected chi connectivity index (χ4v) is 1.50. The normalized spacial score (nSPS) is 14.4. The standard InChI is InChI=1S/C11H11NO5/c1-6-4-10(17-7-2-3-7)9(12(15)16)5-8(6)11(13)14/h4-5,7H,2-3H2,1H3,(H,13,14). The Bertz CT molecular complexity index is 493. The van der Waals surface area contributed by atoms with Crippen molar-refractivity contribution in [2.75, 3.05) is 0 Å². The van der Waals surface area contributed by atoms with E-state index in [-0.39, 0.29) is 23.1 Å². The van der Waals surface area contributed by atoms with Crippen LogP contribution in [-0.4, -0.2) is 22.1 Å². The molecule has 90 valence electrons. The molecular formula is C11H11NO5. The SMILES string of the molecule is Cc1cc(OC2CC2)c([N+](=O)[O-])cc1C(=O)O. The van der Waals surface area contributed by atoms with E-state index >= 15 is 0 Å². The van der Waals surface area contributed by atoms with Gasteiger partial charge in [0.2, 0.25) is 0 Å². The number of aromatic carboxylic acids is 1. The van der Waals surface area contributed by atoms with Crippen LogP contribution in [0.4, 0.5) is 5.69 Å². The van der Waals surface area contributed by atoms with E-state index in [9.17, 15) is 14.9 Å². The largest absolute Gasteiger partial charge is 0.483 e. The number of carboxylic acids is 1. The van der Waals surface area contributed by atoms with Crippen LogP contribution in [0.15, 0.2) is 12.1 Å². The van der Waals surface area contributed by atoms with Crippen molar-refractivity contribution >= 4 is 11.7 Å². The van der Waals surface area contributed by atoms with Gasteiger partial charge in [0.15, 0.2) is 5.75 Å². The maximum atomic E-state index is 10.9. The molecule has 0 saturated heterocycles. The first-order chi connectivity index (χ1) is 7.99. The zero-order valence-corrected chi connectivity index (χ0v) is 9.17. The van der Waals surface area contributed by atoms with Gasteiger partial charge in [-0.25, -0.2) is 4.79 Å². The van der Waals surface area contributed by atoms with Gasteiger partial charge in [-0.15, -0.1) is 0 Å². The lowest BCUT2D eigenvalue weighted by Crippen LogP contribution is -2.05. The van der Waals surface area contributed by atoms with Crippen molar-refractivity contribution in [1.29, 1.82) is 0 Å². The molecule has 0 radical (unpaired) electrons. The van der Waals surface area contributed by atoms with E-state index in [1.54, 1.807) is 6.92 Å². The molecule has 17 heavy (non-hydrogen) atoms. The van der Waals surface area contributed by atoms with E-state index in [4.69, 9.17) is 9.84 Å². The third-order valence-electron chi connectivity index (χ3n) is 2.55. The molecule has 1 aliphatic carbocycles. The number of aryl methyl sites for hydroxylation is 1. The highest BCUT2D eigenvalue weighted by atomic mass is 16.6. The summed E-state index contributed by atoms with van der Waals surface area (Å²) in [6.07, 6.45) is 1.80. The highest BCUT2D eigenvalue weighted by Gasteiger charge is 2.28. The lowest BCUT2D eigenvalue weighted by atomic mass is 10.1. The maximum Gasteiger partial charge on any atom is 0.336 e. The molecule has 0 bridgehead atoms. The number of carbonyl (C=O) groups is 1. The molecule has 0 atom stereocenters. The number of nitro benzene ring substituents is 1. The van der Waals surface area contributed by atoms with Crippen molar-refractivity contribution in [3.63, 3.8) is 0 Å². The van der Waals surface area contributed by atoms with E-state index in [0.29, 0.717) is 5.56 Å². The van der Waals surface area contributed by atoms with Crippen LogP contribution >= 0.6 is 0 Å². The van der Waals surface area contributed by atoms with Crippen LogP contribution in [0.3, 0.4) is 0 Å². The predicted molar refractivity (Wildman–Crippen MR) is 58.4 cm³/mol. The van der Waals surface area contributed by atoms with E-state index < -0.39 is 10.9 Å². The average molecular weight is 237 g/mol. The number of ether oxygens (including phenoxy) is 1. The van der Waals surface area contributed by atoms with Gasteiger partial charge in [-0.2, -0.15) is 0 Å².